The minimum absolute atomic E-state index is 0.0132. The van der Waals surface area contributed by atoms with Crippen LogP contribution < -0.4 is 16.8 Å². The first-order valence-electron chi connectivity index (χ1n) is 11.6. The third kappa shape index (κ3) is 7.53. The first-order valence-corrected chi connectivity index (χ1v) is 11.6. The van der Waals surface area contributed by atoms with E-state index >= 15 is 0 Å². The number of fused-ring (bicyclic) bond motifs is 3. The number of ether oxygens (including phenoxy) is 2. The van der Waals surface area contributed by atoms with Crippen LogP contribution in [0.25, 0.3) is 11.1 Å². The molecule has 2 amide bonds. The number of primary amides is 1. The van der Waals surface area contributed by atoms with Gasteiger partial charge in [0, 0.05) is 5.92 Å². The van der Waals surface area contributed by atoms with Crippen LogP contribution in [0.2, 0.25) is 0 Å². The summed E-state index contributed by atoms with van der Waals surface area (Å²) in [6, 6.07) is 14.3. The molecule has 0 aliphatic heterocycles. The average Bonchev–Trinajstić information content (AvgIpc) is 3.13. The molecule has 2 aromatic carbocycles. The number of benzene rings is 2. The molecule has 0 bridgehead atoms. The summed E-state index contributed by atoms with van der Waals surface area (Å²) >= 11 is 0. The Morgan fingerprint density at radius 3 is 2.08 bits per heavy atom. The van der Waals surface area contributed by atoms with Crippen LogP contribution in [-0.4, -0.2) is 48.0 Å². The highest BCUT2D eigenvalue weighted by molar-refractivity contribution is 5.98. The van der Waals surface area contributed by atoms with E-state index in [4.69, 9.17) is 20.9 Å². The molecule has 11 nitrogen and oxygen atoms in total. The maximum atomic E-state index is 12.7. The Labute approximate surface area is 214 Å². The second-order valence-corrected chi connectivity index (χ2v) is 9.45. The van der Waals surface area contributed by atoms with Crippen molar-refractivity contribution in [2.45, 2.75) is 51.2 Å². The van der Waals surface area contributed by atoms with Crippen molar-refractivity contribution in [1.82, 2.24) is 5.32 Å². The van der Waals surface area contributed by atoms with Gasteiger partial charge in [-0.2, -0.15) is 0 Å². The quantitative estimate of drug-likeness (QED) is 0.152. The van der Waals surface area contributed by atoms with Crippen molar-refractivity contribution < 1.29 is 33.5 Å². The van der Waals surface area contributed by atoms with Gasteiger partial charge in [-0.25, -0.2) is 14.4 Å². The van der Waals surface area contributed by atoms with Crippen molar-refractivity contribution in [3.05, 3.63) is 59.7 Å². The van der Waals surface area contributed by atoms with E-state index in [1.807, 2.05) is 48.5 Å². The number of esters is 1. The van der Waals surface area contributed by atoms with Crippen LogP contribution in [0.15, 0.2) is 53.7 Å². The van der Waals surface area contributed by atoms with E-state index in [9.17, 15) is 19.2 Å². The highest BCUT2D eigenvalue weighted by Crippen LogP contribution is 2.44. The fourth-order valence-electron chi connectivity index (χ4n) is 3.87. The van der Waals surface area contributed by atoms with E-state index in [1.54, 1.807) is 20.8 Å². The number of nitrogens with two attached hydrogens (primary N) is 2. The summed E-state index contributed by atoms with van der Waals surface area (Å²) in [5.41, 5.74) is 13.7. The zero-order valence-electron chi connectivity index (χ0n) is 20.9. The number of alkyl carbamates (subject to hydrolysis) is 1. The van der Waals surface area contributed by atoms with Gasteiger partial charge in [0.25, 0.3) is 0 Å². The lowest BCUT2D eigenvalue weighted by molar-refractivity contribution is -0.160. The second kappa shape index (κ2) is 11.5. The second-order valence-electron chi connectivity index (χ2n) is 9.45. The van der Waals surface area contributed by atoms with Crippen LogP contribution in [0.4, 0.5) is 4.79 Å². The van der Waals surface area contributed by atoms with Gasteiger partial charge in [0.05, 0.1) is 12.8 Å². The molecule has 0 radical (unpaired) electrons. The van der Waals surface area contributed by atoms with Crippen molar-refractivity contribution in [3.8, 4) is 11.1 Å². The van der Waals surface area contributed by atoms with Gasteiger partial charge in [-0.1, -0.05) is 53.7 Å². The van der Waals surface area contributed by atoms with Crippen LogP contribution in [-0.2, 0) is 28.7 Å². The number of amides is 2. The van der Waals surface area contributed by atoms with E-state index in [2.05, 4.69) is 15.3 Å². The Bertz CT molecular complexity index is 1170. The van der Waals surface area contributed by atoms with Gasteiger partial charge in [0.15, 0.2) is 0 Å². The van der Waals surface area contributed by atoms with Gasteiger partial charge >= 0.3 is 18.0 Å². The van der Waals surface area contributed by atoms with Gasteiger partial charge in [0.1, 0.15) is 24.1 Å². The van der Waals surface area contributed by atoms with Crippen molar-refractivity contribution in [3.63, 3.8) is 0 Å². The summed E-state index contributed by atoms with van der Waals surface area (Å²) in [5.74, 6) is -3.14. The number of nitrogens with zero attached hydrogens (tertiary/aromatic N) is 1. The normalized spacial score (nSPS) is 13.6. The summed E-state index contributed by atoms with van der Waals surface area (Å²) in [7, 11) is 0. The lowest BCUT2D eigenvalue weighted by Gasteiger charge is -2.24. The largest absolute Gasteiger partial charge is 0.458 e. The van der Waals surface area contributed by atoms with Crippen molar-refractivity contribution >= 4 is 29.8 Å². The molecule has 0 unspecified atom stereocenters. The van der Waals surface area contributed by atoms with Crippen LogP contribution in [0.1, 0.15) is 50.7 Å². The topological polar surface area (TPSA) is 172 Å². The predicted molar refractivity (Wildman–Crippen MR) is 134 cm³/mol. The van der Waals surface area contributed by atoms with Gasteiger partial charge in [0.2, 0.25) is 5.91 Å². The number of oxime groups is 1. The van der Waals surface area contributed by atoms with Gasteiger partial charge in [-0.15, -0.1) is 0 Å². The van der Waals surface area contributed by atoms with Gasteiger partial charge in [-0.05, 0) is 43.0 Å². The zero-order chi connectivity index (χ0) is 27.2. The molecule has 196 valence electrons. The molecule has 11 heteroatoms. The molecule has 0 aromatic heterocycles. The highest BCUT2D eigenvalue weighted by atomic mass is 16.7. The van der Waals surface area contributed by atoms with Gasteiger partial charge in [-0.3, -0.25) is 4.79 Å². The number of nitrogens with one attached hydrogen (secondary N) is 1. The standard InChI is InChI=1S/C26H30N4O7/c1-26(2,3)36-24(33)20(12-23(32)37-30-21(27)13-22(28)31)29-25(34)35-14-19-17-10-6-4-8-15(17)16-9-5-7-11-18(16)19/h4-11,19-20H,12-14H2,1-3H3,(H2,27,30)(H2,28,31)(H,29,34)/t20-/m0/s1. The number of carbonyl (C=O) groups is 4. The van der Waals surface area contributed by atoms with Crippen molar-refractivity contribution in [1.29, 1.82) is 0 Å². The minimum atomic E-state index is -1.42. The van der Waals surface area contributed by atoms with E-state index in [0.717, 1.165) is 22.3 Å². The number of hydrogen-bond acceptors (Lipinski definition) is 8. The molecule has 1 aliphatic rings. The van der Waals surface area contributed by atoms with E-state index in [0.29, 0.717) is 0 Å². The van der Waals surface area contributed by atoms with E-state index in [1.165, 1.54) is 0 Å². The molecule has 37 heavy (non-hydrogen) atoms. The van der Waals surface area contributed by atoms with Crippen LogP contribution in [0.3, 0.4) is 0 Å². The third-order valence-corrected chi connectivity index (χ3v) is 5.32. The van der Waals surface area contributed by atoms with Crippen LogP contribution in [0, 0.1) is 0 Å². The Balaban J connectivity index is 1.67. The number of amidine groups is 1. The summed E-state index contributed by atoms with van der Waals surface area (Å²) in [6.45, 7) is 4.94. The molecular formula is C26H30N4O7. The summed E-state index contributed by atoms with van der Waals surface area (Å²) in [6.07, 6.45) is -1.95. The van der Waals surface area contributed by atoms with E-state index < -0.39 is 48.4 Å². The molecule has 1 atom stereocenters. The third-order valence-electron chi connectivity index (χ3n) is 5.32. The SMILES string of the molecule is CC(C)(C)OC(=O)[C@H](CC(=O)O/N=C(\N)CC(N)=O)NC(=O)OCC1c2ccccc2-c2ccccc21. The smallest absolute Gasteiger partial charge is 0.407 e. The minimum Gasteiger partial charge on any atom is -0.458 e. The molecule has 0 saturated carbocycles. The molecule has 0 heterocycles. The Kier molecular flexibility index (Phi) is 8.49. The zero-order valence-corrected chi connectivity index (χ0v) is 20.9. The lowest BCUT2D eigenvalue weighted by Crippen LogP contribution is -2.46. The molecule has 0 saturated heterocycles. The summed E-state index contributed by atoms with van der Waals surface area (Å²) in [4.78, 5) is 53.1. The Morgan fingerprint density at radius 2 is 1.54 bits per heavy atom. The van der Waals surface area contributed by atoms with Gasteiger partial charge < -0.3 is 31.1 Å². The molecule has 3 rings (SSSR count). The fraction of sp³-hybridized carbons (Fsp3) is 0.346. The van der Waals surface area contributed by atoms with Crippen molar-refractivity contribution in [2.24, 2.45) is 16.6 Å². The summed E-state index contributed by atoms with van der Waals surface area (Å²) < 4.78 is 10.8. The molecule has 0 spiro atoms. The molecule has 2 aromatic rings. The van der Waals surface area contributed by atoms with Crippen LogP contribution >= 0.6 is 0 Å². The fourth-order valence-corrected chi connectivity index (χ4v) is 3.87. The predicted octanol–water partition coefficient (Wildman–Crippen LogP) is 2.32. The van der Waals surface area contributed by atoms with Crippen LogP contribution in [0.5, 0.6) is 0 Å². The van der Waals surface area contributed by atoms with Crippen molar-refractivity contribution in [2.75, 3.05) is 6.61 Å². The monoisotopic (exact) mass is 510 g/mol. The first kappa shape index (κ1) is 27.2. The van der Waals surface area contributed by atoms with E-state index in [-0.39, 0.29) is 18.4 Å². The maximum Gasteiger partial charge on any atom is 0.407 e. The molecule has 0 fully saturated rings. The molecule has 1 aliphatic carbocycles. The molecular weight excluding hydrogens is 480 g/mol. The Hall–Kier alpha value is -4.41. The number of hydrogen-bond donors (Lipinski definition) is 3. The number of carbonyl (C=O) groups excluding carboxylic acids is 4. The Morgan fingerprint density at radius 1 is 0.973 bits per heavy atom. The lowest BCUT2D eigenvalue weighted by atomic mass is 9.98. The number of rotatable bonds is 9. The first-order chi connectivity index (χ1) is 17.4. The highest BCUT2D eigenvalue weighted by Gasteiger charge is 2.32. The maximum absolute atomic E-state index is 12.7. The average molecular weight is 511 g/mol. The molecule has 5 N–H and O–H groups in total. The summed E-state index contributed by atoms with van der Waals surface area (Å²) in [5, 5.41) is 5.68.